The van der Waals surface area contributed by atoms with Crippen LogP contribution in [0.5, 0.6) is 0 Å². The van der Waals surface area contributed by atoms with Crippen LogP contribution < -0.4 is 5.32 Å². The summed E-state index contributed by atoms with van der Waals surface area (Å²) in [5.74, 6) is -0.0930. The van der Waals surface area contributed by atoms with Gasteiger partial charge in [-0.05, 0) is 58.3 Å². The van der Waals surface area contributed by atoms with Crippen LogP contribution >= 0.6 is 23.1 Å². The largest absolute Gasteiger partial charge is 0.466 e. The van der Waals surface area contributed by atoms with Gasteiger partial charge < -0.3 is 15.0 Å². The van der Waals surface area contributed by atoms with Gasteiger partial charge in [-0.25, -0.2) is 9.79 Å². The molecular weight excluding hydrogens is 442 g/mol. The Kier molecular flexibility index (Phi) is 6.53. The number of aliphatic imine (C=N–C) groups is 1. The summed E-state index contributed by atoms with van der Waals surface area (Å²) in [5, 5.41) is 9.67. The Morgan fingerprint density at radius 1 is 1.22 bits per heavy atom. The molecular formula is C24H25N3O3S2. The van der Waals surface area contributed by atoms with Crippen LogP contribution in [0.4, 0.5) is 5.69 Å². The lowest BCUT2D eigenvalue weighted by Crippen LogP contribution is -2.37. The van der Waals surface area contributed by atoms with Crippen LogP contribution in [0.1, 0.15) is 50.3 Å². The Bertz CT molecular complexity index is 1120. The van der Waals surface area contributed by atoms with E-state index in [1.807, 2.05) is 58.3 Å². The van der Waals surface area contributed by atoms with E-state index in [0.717, 1.165) is 22.1 Å². The lowest BCUT2D eigenvalue weighted by Gasteiger charge is -2.35. The molecule has 1 aromatic heterocycles. The number of nitrogens with one attached hydrogen (secondary N) is 1. The molecule has 1 amide bonds. The molecule has 2 aromatic rings. The van der Waals surface area contributed by atoms with Crippen molar-refractivity contribution in [2.45, 2.75) is 39.2 Å². The minimum Gasteiger partial charge on any atom is -0.466 e. The average molecular weight is 468 g/mol. The molecule has 2 aliphatic rings. The van der Waals surface area contributed by atoms with Crippen LogP contribution in [0.15, 0.2) is 68.5 Å². The average Bonchev–Trinajstić information content (AvgIpc) is 3.43. The van der Waals surface area contributed by atoms with Crippen molar-refractivity contribution < 1.29 is 14.3 Å². The second kappa shape index (κ2) is 9.34. The van der Waals surface area contributed by atoms with Gasteiger partial charge in [-0.1, -0.05) is 37.7 Å². The first kappa shape index (κ1) is 22.4. The molecule has 0 unspecified atom stereocenters. The number of hydrogen-bond acceptors (Lipinski definition) is 7. The topological polar surface area (TPSA) is 71.0 Å². The molecule has 166 valence electrons. The van der Waals surface area contributed by atoms with Crippen molar-refractivity contribution in [3.8, 4) is 0 Å². The molecule has 1 atom stereocenters. The highest BCUT2D eigenvalue weighted by molar-refractivity contribution is 8.16. The maximum Gasteiger partial charge on any atom is 0.338 e. The quantitative estimate of drug-likeness (QED) is 0.556. The number of ether oxygens (including phenoxy) is 1. The third kappa shape index (κ3) is 4.38. The molecule has 0 aliphatic carbocycles. The van der Waals surface area contributed by atoms with Crippen molar-refractivity contribution in [1.29, 1.82) is 0 Å². The molecule has 0 fully saturated rings. The fourth-order valence-corrected chi connectivity index (χ4v) is 5.45. The summed E-state index contributed by atoms with van der Waals surface area (Å²) < 4.78 is 5.06. The highest BCUT2D eigenvalue weighted by Gasteiger charge is 2.41. The van der Waals surface area contributed by atoms with Gasteiger partial charge in [0.2, 0.25) is 5.91 Å². The number of esters is 1. The number of benzene rings is 1. The summed E-state index contributed by atoms with van der Waals surface area (Å²) in [6, 6.07) is 9.53. The van der Waals surface area contributed by atoms with Gasteiger partial charge in [0.25, 0.3) is 0 Å². The third-order valence-corrected chi connectivity index (χ3v) is 7.06. The van der Waals surface area contributed by atoms with Crippen molar-refractivity contribution in [2.24, 2.45) is 4.99 Å². The van der Waals surface area contributed by atoms with Gasteiger partial charge in [-0.15, -0.1) is 0 Å². The standard InChI is InChI=1S/C24H25N3O3S2/c1-14(2)16-5-7-18(8-6-16)26-20(28)11-19-13-32-24-25-15(3)21(23(29)30-4)22(27(19)24)17-9-10-31-12-17/h5-10,12-14,22H,11H2,1-4H3,(H,26,28)/t22-/m1/s1. The minimum atomic E-state index is -0.410. The van der Waals surface area contributed by atoms with Gasteiger partial charge in [-0.2, -0.15) is 11.3 Å². The predicted octanol–water partition coefficient (Wildman–Crippen LogP) is 5.65. The first-order valence-corrected chi connectivity index (χ1v) is 12.2. The molecule has 1 N–H and O–H groups in total. The summed E-state index contributed by atoms with van der Waals surface area (Å²) in [4.78, 5) is 32.1. The third-order valence-electron chi connectivity index (χ3n) is 5.47. The van der Waals surface area contributed by atoms with Crippen molar-refractivity contribution in [1.82, 2.24) is 4.90 Å². The second-order valence-electron chi connectivity index (χ2n) is 7.94. The number of amidine groups is 1. The van der Waals surface area contributed by atoms with Crippen molar-refractivity contribution in [2.75, 3.05) is 12.4 Å². The fourth-order valence-electron chi connectivity index (χ4n) is 3.81. The zero-order chi connectivity index (χ0) is 22.8. The molecule has 0 spiro atoms. The molecule has 0 bridgehead atoms. The number of thiophene rings is 1. The normalized spacial score (nSPS) is 17.8. The Morgan fingerprint density at radius 2 is 1.97 bits per heavy atom. The van der Waals surface area contributed by atoms with E-state index >= 15 is 0 Å². The molecule has 4 rings (SSSR count). The minimum absolute atomic E-state index is 0.120. The lowest BCUT2D eigenvalue weighted by atomic mass is 9.96. The number of carbonyl (C=O) groups is 2. The SMILES string of the molecule is COC(=O)C1=C(C)N=C2SC=C(CC(=O)Nc3ccc(C(C)C)cc3)N2[C@@H]1c1ccsc1. The van der Waals surface area contributed by atoms with E-state index in [4.69, 9.17) is 4.74 Å². The Hall–Kier alpha value is -2.84. The molecule has 1 aromatic carbocycles. The van der Waals surface area contributed by atoms with E-state index in [-0.39, 0.29) is 18.4 Å². The molecule has 0 radical (unpaired) electrons. The van der Waals surface area contributed by atoms with E-state index in [2.05, 4.69) is 24.2 Å². The number of amides is 1. The van der Waals surface area contributed by atoms with Crippen LogP contribution in [0, 0.1) is 0 Å². The number of methoxy groups -OCH3 is 1. The highest BCUT2D eigenvalue weighted by atomic mass is 32.2. The maximum atomic E-state index is 12.9. The summed E-state index contributed by atoms with van der Waals surface area (Å²) >= 11 is 3.03. The number of anilines is 1. The van der Waals surface area contributed by atoms with E-state index < -0.39 is 5.97 Å². The van der Waals surface area contributed by atoms with Crippen LogP contribution in [-0.4, -0.2) is 29.1 Å². The molecule has 32 heavy (non-hydrogen) atoms. The van der Waals surface area contributed by atoms with E-state index in [1.165, 1.54) is 24.4 Å². The number of hydrogen-bond donors (Lipinski definition) is 1. The fraction of sp³-hybridized carbons (Fsp3) is 0.292. The Balaban J connectivity index is 1.57. The molecule has 0 saturated heterocycles. The van der Waals surface area contributed by atoms with E-state index in [9.17, 15) is 9.59 Å². The molecule has 3 heterocycles. The second-order valence-corrected chi connectivity index (χ2v) is 9.56. The predicted molar refractivity (Wildman–Crippen MR) is 131 cm³/mol. The van der Waals surface area contributed by atoms with E-state index in [0.29, 0.717) is 17.2 Å². The van der Waals surface area contributed by atoms with Crippen LogP contribution in [0.3, 0.4) is 0 Å². The number of nitrogens with zero attached hydrogens (tertiary/aromatic N) is 2. The van der Waals surface area contributed by atoms with Crippen molar-refractivity contribution in [3.05, 3.63) is 74.6 Å². The number of fused-ring (bicyclic) bond motifs is 1. The van der Waals surface area contributed by atoms with Crippen molar-refractivity contribution in [3.63, 3.8) is 0 Å². The molecule has 6 nitrogen and oxygen atoms in total. The summed E-state index contributed by atoms with van der Waals surface area (Å²) in [6.45, 7) is 6.10. The number of carbonyl (C=O) groups excluding carboxylic acids is 2. The Morgan fingerprint density at radius 3 is 2.59 bits per heavy atom. The highest BCUT2D eigenvalue weighted by Crippen LogP contribution is 2.45. The summed E-state index contributed by atoms with van der Waals surface area (Å²) in [6.07, 6.45) is 0.173. The maximum absolute atomic E-state index is 12.9. The van der Waals surface area contributed by atoms with Gasteiger partial charge in [0.05, 0.1) is 30.8 Å². The molecule has 2 aliphatic heterocycles. The van der Waals surface area contributed by atoms with Gasteiger partial charge in [0.15, 0.2) is 5.17 Å². The van der Waals surface area contributed by atoms with Crippen LogP contribution in [0.2, 0.25) is 0 Å². The number of rotatable bonds is 6. The van der Waals surface area contributed by atoms with Crippen LogP contribution in [0.25, 0.3) is 0 Å². The van der Waals surface area contributed by atoms with Gasteiger partial charge >= 0.3 is 5.97 Å². The zero-order valence-corrected chi connectivity index (χ0v) is 20.0. The van der Waals surface area contributed by atoms with Crippen molar-refractivity contribution >= 4 is 45.8 Å². The van der Waals surface area contributed by atoms with Gasteiger partial charge in [-0.3, -0.25) is 4.79 Å². The van der Waals surface area contributed by atoms with Crippen LogP contribution in [-0.2, 0) is 14.3 Å². The summed E-state index contributed by atoms with van der Waals surface area (Å²) in [5.41, 5.74) is 4.89. The molecule has 0 saturated carbocycles. The Labute approximate surface area is 196 Å². The first-order valence-electron chi connectivity index (χ1n) is 10.3. The summed E-state index contributed by atoms with van der Waals surface area (Å²) in [7, 11) is 1.38. The zero-order valence-electron chi connectivity index (χ0n) is 18.4. The van der Waals surface area contributed by atoms with Gasteiger partial charge in [0.1, 0.15) is 0 Å². The van der Waals surface area contributed by atoms with E-state index in [1.54, 1.807) is 11.3 Å². The molecule has 8 heteroatoms. The lowest BCUT2D eigenvalue weighted by molar-refractivity contribution is -0.136. The van der Waals surface area contributed by atoms with Gasteiger partial charge in [0, 0.05) is 11.4 Å². The number of allylic oxidation sites excluding steroid dienone is 1. The smallest absolute Gasteiger partial charge is 0.338 e. The number of thioether (sulfide) groups is 1. The monoisotopic (exact) mass is 467 g/mol. The first-order chi connectivity index (χ1) is 15.4.